The molecule has 1 atom stereocenters. The fourth-order valence-electron chi connectivity index (χ4n) is 1.48. The molecule has 1 nitrogen and oxygen atoms in total. The molecule has 1 aromatic carbocycles. The maximum Gasteiger partial charge on any atom is 0.126 e. The van der Waals surface area contributed by atoms with Crippen LogP contribution in [0.5, 0.6) is 0 Å². The van der Waals surface area contributed by atoms with Crippen LogP contribution >= 0.6 is 27.3 Å². The van der Waals surface area contributed by atoms with E-state index in [-0.39, 0.29) is 11.9 Å². The predicted octanol–water partition coefficient (Wildman–Crippen LogP) is 4.01. The lowest BCUT2D eigenvalue weighted by atomic mass is 10.0. The molecule has 0 saturated heterocycles. The first kappa shape index (κ1) is 11.8. The van der Waals surface area contributed by atoms with Crippen molar-refractivity contribution in [2.24, 2.45) is 5.73 Å². The Bertz CT molecular complexity index is 509. The van der Waals surface area contributed by atoms with Gasteiger partial charge in [-0.25, -0.2) is 4.39 Å². The molecule has 0 aliphatic rings. The second kappa shape index (κ2) is 4.65. The molecule has 2 rings (SSSR count). The molecule has 0 bridgehead atoms. The average molecular weight is 300 g/mol. The molecule has 0 spiro atoms. The first-order valence-electron chi connectivity index (χ1n) is 4.84. The van der Waals surface area contributed by atoms with Gasteiger partial charge in [-0.1, -0.05) is 12.1 Å². The van der Waals surface area contributed by atoms with E-state index in [1.54, 1.807) is 24.3 Å². The van der Waals surface area contributed by atoms with Crippen LogP contribution in [-0.2, 0) is 0 Å². The number of benzene rings is 1. The lowest BCUT2D eigenvalue weighted by Crippen LogP contribution is -2.11. The third-order valence-corrected chi connectivity index (χ3v) is 4.44. The number of hydrogen-bond donors (Lipinski definition) is 1. The average Bonchev–Trinajstić information content (AvgIpc) is 2.67. The number of rotatable bonds is 2. The normalized spacial score (nSPS) is 12.8. The quantitative estimate of drug-likeness (QED) is 0.891. The van der Waals surface area contributed by atoms with E-state index in [0.717, 1.165) is 14.9 Å². The van der Waals surface area contributed by atoms with Crippen LogP contribution in [-0.4, -0.2) is 0 Å². The van der Waals surface area contributed by atoms with Crippen LogP contribution in [0.25, 0.3) is 0 Å². The zero-order chi connectivity index (χ0) is 11.7. The Morgan fingerprint density at radius 2 is 2.12 bits per heavy atom. The molecule has 1 aromatic heterocycles. The molecule has 2 aromatic rings. The molecule has 1 heterocycles. The molecule has 1 unspecified atom stereocenters. The van der Waals surface area contributed by atoms with Crippen molar-refractivity contribution in [2.45, 2.75) is 13.0 Å². The SMILES string of the molecule is Cc1ccc(C(N)c2sccc2Br)cc1F. The Morgan fingerprint density at radius 1 is 1.38 bits per heavy atom. The van der Waals surface area contributed by atoms with Gasteiger partial charge in [0, 0.05) is 9.35 Å². The maximum absolute atomic E-state index is 13.4. The van der Waals surface area contributed by atoms with Crippen LogP contribution < -0.4 is 5.73 Å². The molecule has 0 radical (unpaired) electrons. The fourth-order valence-corrected chi connectivity index (χ4v) is 3.13. The summed E-state index contributed by atoms with van der Waals surface area (Å²) in [6.07, 6.45) is 0. The molecule has 16 heavy (non-hydrogen) atoms. The van der Waals surface area contributed by atoms with E-state index in [9.17, 15) is 4.39 Å². The Labute approximate surface area is 106 Å². The molecule has 84 valence electrons. The van der Waals surface area contributed by atoms with Crippen LogP contribution in [0.3, 0.4) is 0 Å². The summed E-state index contributed by atoms with van der Waals surface area (Å²) >= 11 is 5.00. The predicted molar refractivity (Wildman–Crippen MR) is 69.2 cm³/mol. The van der Waals surface area contributed by atoms with Crippen molar-refractivity contribution in [1.82, 2.24) is 0 Å². The highest BCUT2D eigenvalue weighted by atomic mass is 79.9. The third-order valence-electron chi connectivity index (χ3n) is 2.48. The van der Waals surface area contributed by atoms with E-state index in [4.69, 9.17) is 5.73 Å². The zero-order valence-electron chi connectivity index (χ0n) is 8.71. The lowest BCUT2D eigenvalue weighted by molar-refractivity contribution is 0.614. The number of hydrogen-bond acceptors (Lipinski definition) is 2. The summed E-state index contributed by atoms with van der Waals surface area (Å²) in [5, 5.41) is 1.96. The summed E-state index contributed by atoms with van der Waals surface area (Å²) in [5.41, 5.74) is 7.53. The van der Waals surface area contributed by atoms with Crippen LogP contribution in [0.15, 0.2) is 34.1 Å². The van der Waals surface area contributed by atoms with Crippen LogP contribution in [0, 0.1) is 12.7 Å². The molecule has 4 heteroatoms. The lowest BCUT2D eigenvalue weighted by Gasteiger charge is -2.11. The van der Waals surface area contributed by atoms with Crippen LogP contribution in [0.1, 0.15) is 22.0 Å². The van der Waals surface area contributed by atoms with Gasteiger partial charge in [-0.3, -0.25) is 0 Å². The van der Waals surface area contributed by atoms with Gasteiger partial charge in [-0.2, -0.15) is 0 Å². The molecular formula is C12H11BrFNS. The molecular weight excluding hydrogens is 289 g/mol. The summed E-state index contributed by atoms with van der Waals surface area (Å²) in [7, 11) is 0. The Hall–Kier alpha value is -0.710. The molecule has 2 N–H and O–H groups in total. The van der Waals surface area contributed by atoms with E-state index >= 15 is 0 Å². The first-order chi connectivity index (χ1) is 7.59. The van der Waals surface area contributed by atoms with Crippen molar-refractivity contribution in [3.63, 3.8) is 0 Å². The maximum atomic E-state index is 13.4. The first-order valence-corrected chi connectivity index (χ1v) is 6.51. The van der Waals surface area contributed by atoms with Gasteiger partial charge in [-0.15, -0.1) is 11.3 Å². The monoisotopic (exact) mass is 299 g/mol. The van der Waals surface area contributed by atoms with Crippen molar-refractivity contribution < 1.29 is 4.39 Å². The van der Waals surface area contributed by atoms with E-state index in [1.807, 2.05) is 17.5 Å². The zero-order valence-corrected chi connectivity index (χ0v) is 11.1. The minimum atomic E-state index is -0.274. The van der Waals surface area contributed by atoms with Gasteiger partial charge < -0.3 is 5.73 Å². The molecule has 0 saturated carbocycles. The van der Waals surface area contributed by atoms with Crippen molar-refractivity contribution in [2.75, 3.05) is 0 Å². The molecule has 0 aliphatic carbocycles. The van der Waals surface area contributed by atoms with E-state index in [0.29, 0.717) is 5.56 Å². The minimum absolute atomic E-state index is 0.208. The van der Waals surface area contributed by atoms with Gasteiger partial charge in [0.1, 0.15) is 5.82 Å². The van der Waals surface area contributed by atoms with Gasteiger partial charge in [0.25, 0.3) is 0 Å². The standard InChI is InChI=1S/C12H11BrFNS/c1-7-2-3-8(6-10(7)14)11(15)12-9(13)4-5-16-12/h2-6,11H,15H2,1H3. The largest absolute Gasteiger partial charge is 0.320 e. The minimum Gasteiger partial charge on any atom is -0.320 e. The van der Waals surface area contributed by atoms with E-state index < -0.39 is 0 Å². The summed E-state index contributed by atoms with van der Waals surface area (Å²) in [5.74, 6) is -0.208. The summed E-state index contributed by atoms with van der Waals surface area (Å²) < 4.78 is 14.4. The number of nitrogens with two attached hydrogens (primary N) is 1. The third kappa shape index (κ3) is 2.19. The number of thiophene rings is 1. The number of aryl methyl sites for hydroxylation is 1. The van der Waals surface area contributed by atoms with Crippen molar-refractivity contribution in [3.8, 4) is 0 Å². The Balaban J connectivity index is 2.38. The fraction of sp³-hybridized carbons (Fsp3) is 0.167. The highest BCUT2D eigenvalue weighted by Gasteiger charge is 2.14. The van der Waals surface area contributed by atoms with Crippen molar-refractivity contribution in [1.29, 1.82) is 0 Å². The van der Waals surface area contributed by atoms with Crippen LogP contribution in [0.4, 0.5) is 4.39 Å². The van der Waals surface area contributed by atoms with E-state index in [2.05, 4.69) is 15.9 Å². The second-order valence-corrected chi connectivity index (χ2v) is 5.42. The van der Waals surface area contributed by atoms with E-state index in [1.165, 1.54) is 6.07 Å². The summed E-state index contributed by atoms with van der Waals surface area (Å²) in [6.45, 7) is 1.74. The smallest absolute Gasteiger partial charge is 0.126 e. The van der Waals surface area contributed by atoms with Gasteiger partial charge in [0.2, 0.25) is 0 Å². The molecule has 0 amide bonds. The Kier molecular flexibility index (Phi) is 3.42. The second-order valence-electron chi connectivity index (χ2n) is 3.62. The van der Waals surface area contributed by atoms with Gasteiger partial charge in [-0.05, 0) is 51.5 Å². The highest BCUT2D eigenvalue weighted by molar-refractivity contribution is 9.10. The van der Waals surface area contributed by atoms with Gasteiger partial charge in [0.15, 0.2) is 0 Å². The summed E-state index contributed by atoms with van der Waals surface area (Å²) in [6, 6.07) is 6.81. The van der Waals surface area contributed by atoms with Crippen molar-refractivity contribution >= 4 is 27.3 Å². The topological polar surface area (TPSA) is 26.0 Å². The van der Waals surface area contributed by atoms with Crippen molar-refractivity contribution in [3.05, 3.63) is 55.9 Å². The molecule has 0 fully saturated rings. The Morgan fingerprint density at radius 3 is 2.69 bits per heavy atom. The number of halogens is 2. The van der Waals surface area contributed by atoms with Crippen LogP contribution in [0.2, 0.25) is 0 Å². The van der Waals surface area contributed by atoms with Gasteiger partial charge >= 0.3 is 0 Å². The highest BCUT2D eigenvalue weighted by Crippen LogP contribution is 2.31. The summed E-state index contributed by atoms with van der Waals surface area (Å²) in [4.78, 5) is 1.02. The van der Waals surface area contributed by atoms with Gasteiger partial charge in [0.05, 0.1) is 6.04 Å². The molecule has 0 aliphatic heterocycles.